The number of hydrogen-bond acceptors (Lipinski definition) is 3. The number of hydrogen-bond donors (Lipinski definition) is 3. The van der Waals surface area contributed by atoms with Crippen molar-refractivity contribution < 1.29 is 15.0 Å². The van der Waals surface area contributed by atoms with E-state index in [4.69, 9.17) is 15.9 Å². The Bertz CT molecular complexity index is 232. The van der Waals surface area contributed by atoms with Gasteiger partial charge in [0.2, 0.25) is 0 Å². The standard InChI is InChI=1S/C7H9NO3/c8-6-4(7(10)11)2-1-3-5(6)9/h1-3,5-6,9H,8H2,(H,10,11)/t5-,6+/m1/s1. The van der Waals surface area contributed by atoms with E-state index in [1.54, 1.807) is 0 Å². The molecule has 4 heteroatoms. The van der Waals surface area contributed by atoms with Gasteiger partial charge in [-0.15, -0.1) is 0 Å². The monoisotopic (exact) mass is 155 g/mol. The Labute approximate surface area is 63.6 Å². The summed E-state index contributed by atoms with van der Waals surface area (Å²) in [5.74, 6) is -1.08. The van der Waals surface area contributed by atoms with E-state index in [1.165, 1.54) is 18.2 Å². The molecule has 1 rings (SSSR count). The zero-order valence-corrected chi connectivity index (χ0v) is 5.77. The SMILES string of the molecule is N[C@H]1C(C(=O)O)=CC=C[C@H]1O. The zero-order valence-electron chi connectivity index (χ0n) is 5.77. The molecule has 60 valence electrons. The van der Waals surface area contributed by atoms with Gasteiger partial charge >= 0.3 is 5.97 Å². The molecule has 0 fully saturated rings. The van der Waals surface area contributed by atoms with Gasteiger partial charge in [-0.1, -0.05) is 18.2 Å². The van der Waals surface area contributed by atoms with E-state index < -0.39 is 18.1 Å². The second kappa shape index (κ2) is 2.86. The van der Waals surface area contributed by atoms with Gasteiger partial charge in [-0.3, -0.25) is 0 Å². The van der Waals surface area contributed by atoms with Gasteiger partial charge in [0.05, 0.1) is 17.7 Å². The molecule has 4 nitrogen and oxygen atoms in total. The average Bonchev–Trinajstić information content (AvgIpc) is 1.94. The Morgan fingerprint density at radius 1 is 1.64 bits per heavy atom. The van der Waals surface area contributed by atoms with E-state index >= 15 is 0 Å². The van der Waals surface area contributed by atoms with Crippen LogP contribution in [0.15, 0.2) is 23.8 Å². The average molecular weight is 155 g/mol. The van der Waals surface area contributed by atoms with Crippen LogP contribution in [-0.2, 0) is 4.79 Å². The van der Waals surface area contributed by atoms with Crippen molar-refractivity contribution >= 4 is 5.97 Å². The van der Waals surface area contributed by atoms with Crippen LogP contribution in [0.4, 0.5) is 0 Å². The van der Waals surface area contributed by atoms with E-state index in [-0.39, 0.29) is 5.57 Å². The van der Waals surface area contributed by atoms with Gasteiger partial charge in [-0.25, -0.2) is 4.79 Å². The third kappa shape index (κ3) is 1.47. The van der Waals surface area contributed by atoms with Gasteiger partial charge in [0.1, 0.15) is 0 Å². The number of allylic oxidation sites excluding steroid dienone is 2. The van der Waals surface area contributed by atoms with Crippen LogP contribution >= 0.6 is 0 Å². The van der Waals surface area contributed by atoms with Gasteiger partial charge in [-0.05, 0) is 0 Å². The molecular formula is C7H9NO3. The number of aliphatic hydroxyl groups excluding tert-OH is 1. The maximum absolute atomic E-state index is 10.4. The fraction of sp³-hybridized carbons (Fsp3) is 0.286. The molecule has 0 aromatic carbocycles. The lowest BCUT2D eigenvalue weighted by molar-refractivity contribution is -0.133. The molecule has 0 aromatic rings. The van der Waals surface area contributed by atoms with Crippen LogP contribution in [0.3, 0.4) is 0 Å². The van der Waals surface area contributed by atoms with Crippen LogP contribution in [0.1, 0.15) is 0 Å². The first kappa shape index (κ1) is 7.97. The van der Waals surface area contributed by atoms with Crippen molar-refractivity contribution in [1.82, 2.24) is 0 Å². The predicted molar refractivity (Wildman–Crippen MR) is 38.8 cm³/mol. The molecule has 2 atom stereocenters. The van der Waals surface area contributed by atoms with Crippen LogP contribution in [0, 0.1) is 0 Å². The summed E-state index contributed by atoms with van der Waals surface area (Å²) in [6.07, 6.45) is 3.44. The Hall–Kier alpha value is -1.13. The third-order valence-electron chi connectivity index (χ3n) is 1.56. The molecule has 0 amide bonds. The second-order valence-electron chi connectivity index (χ2n) is 2.33. The first-order valence-corrected chi connectivity index (χ1v) is 3.18. The fourth-order valence-corrected chi connectivity index (χ4v) is 0.902. The maximum atomic E-state index is 10.4. The lowest BCUT2D eigenvalue weighted by atomic mass is 9.97. The third-order valence-corrected chi connectivity index (χ3v) is 1.56. The van der Waals surface area contributed by atoms with Crippen molar-refractivity contribution in [1.29, 1.82) is 0 Å². The molecule has 0 radical (unpaired) electrons. The smallest absolute Gasteiger partial charge is 0.333 e. The molecule has 1 aliphatic carbocycles. The van der Waals surface area contributed by atoms with Crippen molar-refractivity contribution in [2.45, 2.75) is 12.1 Å². The molecule has 0 spiro atoms. The molecule has 0 saturated carbocycles. The van der Waals surface area contributed by atoms with Crippen LogP contribution in [0.25, 0.3) is 0 Å². The van der Waals surface area contributed by atoms with Gasteiger partial charge in [0.15, 0.2) is 0 Å². The molecule has 0 unspecified atom stereocenters. The summed E-state index contributed by atoms with van der Waals surface area (Å²) in [7, 11) is 0. The van der Waals surface area contributed by atoms with Gasteiger partial charge in [0, 0.05) is 0 Å². The molecule has 4 N–H and O–H groups in total. The Morgan fingerprint density at radius 2 is 2.27 bits per heavy atom. The molecule has 0 heterocycles. The summed E-state index contributed by atoms with van der Waals surface area (Å²) >= 11 is 0. The number of nitrogens with two attached hydrogens (primary N) is 1. The van der Waals surface area contributed by atoms with Crippen molar-refractivity contribution in [3.8, 4) is 0 Å². The van der Waals surface area contributed by atoms with Crippen molar-refractivity contribution in [3.05, 3.63) is 23.8 Å². The van der Waals surface area contributed by atoms with Crippen LogP contribution < -0.4 is 5.73 Å². The van der Waals surface area contributed by atoms with E-state index in [0.29, 0.717) is 0 Å². The minimum absolute atomic E-state index is 0.0417. The van der Waals surface area contributed by atoms with Gasteiger partial charge in [0.25, 0.3) is 0 Å². The Balaban J connectivity index is 2.87. The molecule has 0 aromatic heterocycles. The highest BCUT2D eigenvalue weighted by Gasteiger charge is 2.23. The summed E-state index contributed by atoms with van der Waals surface area (Å²) in [5.41, 5.74) is 5.41. The molecule has 0 aliphatic heterocycles. The highest BCUT2D eigenvalue weighted by molar-refractivity contribution is 5.89. The first-order valence-electron chi connectivity index (χ1n) is 3.18. The topological polar surface area (TPSA) is 83.6 Å². The Morgan fingerprint density at radius 3 is 2.73 bits per heavy atom. The van der Waals surface area contributed by atoms with E-state index in [1.807, 2.05) is 0 Å². The van der Waals surface area contributed by atoms with Crippen LogP contribution in [-0.4, -0.2) is 28.3 Å². The van der Waals surface area contributed by atoms with Crippen LogP contribution in [0.5, 0.6) is 0 Å². The summed E-state index contributed by atoms with van der Waals surface area (Å²) in [4.78, 5) is 10.4. The Kier molecular flexibility index (Phi) is 2.07. The minimum Gasteiger partial charge on any atom is -0.478 e. The summed E-state index contributed by atoms with van der Waals surface area (Å²) in [6, 6.07) is -0.808. The lowest BCUT2D eigenvalue weighted by Gasteiger charge is -2.18. The van der Waals surface area contributed by atoms with Crippen molar-refractivity contribution in [3.63, 3.8) is 0 Å². The first-order chi connectivity index (χ1) is 5.13. The second-order valence-corrected chi connectivity index (χ2v) is 2.33. The highest BCUT2D eigenvalue weighted by atomic mass is 16.4. The largest absolute Gasteiger partial charge is 0.478 e. The van der Waals surface area contributed by atoms with E-state index in [2.05, 4.69) is 0 Å². The quantitative estimate of drug-likeness (QED) is 0.465. The van der Waals surface area contributed by atoms with Crippen molar-refractivity contribution in [2.75, 3.05) is 0 Å². The number of aliphatic carboxylic acids is 1. The normalized spacial score (nSPS) is 29.8. The van der Waals surface area contributed by atoms with Gasteiger partial charge < -0.3 is 15.9 Å². The van der Waals surface area contributed by atoms with E-state index in [0.717, 1.165) is 0 Å². The number of carbonyl (C=O) groups is 1. The van der Waals surface area contributed by atoms with E-state index in [9.17, 15) is 4.79 Å². The number of rotatable bonds is 1. The molecule has 1 aliphatic rings. The summed E-state index contributed by atoms with van der Waals surface area (Å²) < 4.78 is 0. The molecular weight excluding hydrogens is 146 g/mol. The lowest BCUT2D eigenvalue weighted by Crippen LogP contribution is -2.39. The number of aliphatic hydroxyl groups is 1. The number of carboxylic acids is 1. The zero-order chi connectivity index (χ0) is 8.43. The fourth-order valence-electron chi connectivity index (χ4n) is 0.902. The minimum atomic E-state index is -1.08. The predicted octanol–water partition coefficient (Wildman–Crippen LogP) is -0.745. The number of carboxylic acid groups (broad SMARTS) is 1. The summed E-state index contributed by atoms with van der Waals surface area (Å²) in [6.45, 7) is 0. The van der Waals surface area contributed by atoms with Crippen LogP contribution in [0.2, 0.25) is 0 Å². The molecule has 0 bridgehead atoms. The van der Waals surface area contributed by atoms with Gasteiger partial charge in [-0.2, -0.15) is 0 Å². The van der Waals surface area contributed by atoms with Crippen molar-refractivity contribution in [2.24, 2.45) is 5.73 Å². The summed E-state index contributed by atoms with van der Waals surface area (Å²) in [5, 5.41) is 17.6. The molecule has 0 saturated heterocycles. The maximum Gasteiger partial charge on any atom is 0.333 e. The highest BCUT2D eigenvalue weighted by Crippen LogP contribution is 2.11. The molecule has 11 heavy (non-hydrogen) atoms.